The Labute approximate surface area is 166 Å². The fraction of sp³-hybridized carbons (Fsp3) is 0.381. The van der Waals surface area contributed by atoms with Crippen molar-refractivity contribution >= 4 is 15.9 Å². The maximum absolute atomic E-state index is 12.5. The highest BCUT2D eigenvalue weighted by atomic mass is 32.2. The van der Waals surface area contributed by atoms with Crippen LogP contribution in [-0.4, -0.2) is 38.3 Å². The predicted molar refractivity (Wildman–Crippen MR) is 108 cm³/mol. The second kappa shape index (κ2) is 8.75. The van der Waals surface area contributed by atoms with E-state index in [1.807, 2.05) is 32.0 Å². The lowest BCUT2D eigenvalue weighted by atomic mass is 10.1. The maximum Gasteiger partial charge on any atom is 0.258 e. The molecule has 6 nitrogen and oxygen atoms in total. The molecule has 0 aromatic heterocycles. The zero-order valence-electron chi connectivity index (χ0n) is 16.3. The third-order valence-corrected chi connectivity index (χ3v) is 6.59. The van der Waals surface area contributed by atoms with E-state index in [2.05, 4.69) is 5.32 Å². The second-order valence-electron chi connectivity index (χ2n) is 7.14. The van der Waals surface area contributed by atoms with Gasteiger partial charge in [-0.1, -0.05) is 18.2 Å². The third kappa shape index (κ3) is 5.11. The molecule has 1 fully saturated rings. The van der Waals surface area contributed by atoms with Crippen molar-refractivity contribution in [2.45, 2.75) is 38.1 Å². The molecule has 1 saturated heterocycles. The number of aryl methyl sites for hydroxylation is 2. The lowest BCUT2D eigenvalue weighted by Gasteiger charge is -2.15. The summed E-state index contributed by atoms with van der Waals surface area (Å²) in [6, 6.07) is 12.5. The quantitative estimate of drug-likeness (QED) is 0.773. The lowest BCUT2D eigenvalue weighted by molar-refractivity contribution is -0.123. The van der Waals surface area contributed by atoms with Crippen LogP contribution in [0.4, 0.5) is 0 Å². The summed E-state index contributed by atoms with van der Waals surface area (Å²) in [5.74, 6) is 0.442. The highest BCUT2D eigenvalue weighted by molar-refractivity contribution is 7.89. The molecule has 3 rings (SSSR count). The number of nitrogens with zero attached hydrogens (tertiary/aromatic N) is 1. The monoisotopic (exact) mass is 402 g/mol. The molecule has 0 radical (unpaired) electrons. The number of nitrogens with one attached hydrogen (secondary N) is 1. The van der Waals surface area contributed by atoms with E-state index >= 15 is 0 Å². The Hall–Kier alpha value is -2.38. The van der Waals surface area contributed by atoms with Gasteiger partial charge in [-0.15, -0.1) is 0 Å². The Kier molecular flexibility index (Phi) is 6.36. The summed E-state index contributed by atoms with van der Waals surface area (Å²) in [5, 5.41) is 2.79. The molecule has 0 spiro atoms. The van der Waals surface area contributed by atoms with Crippen molar-refractivity contribution in [2.24, 2.45) is 0 Å². The standard InChI is InChI=1S/C21H26N2O4S/c1-16-11-17(2)13-19(12-16)27-15-21(24)22-14-18-5-7-20(8-6-18)28(25,26)23-9-3-4-10-23/h5-8,11-13H,3-4,9-10,14-15H2,1-2H3,(H,22,24). The molecule has 1 aliphatic rings. The van der Waals surface area contributed by atoms with E-state index in [0.717, 1.165) is 29.5 Å². The van der Waals surface area contributed by atoms with E-state index < -0.39 is 10.0 Å². The summed E-state index contributed by atoms with van der Waals surface area (Å²) in [4.78, 5) is 12.3. The van der Waals surface area contributed by atoms with Gasteiger partial charge >= 0.3 is 0 Å². The van der Waals surface area contributed by atoms with Crippen LogP contribution in [-0.2, 0) is 21.4 Å². The Bertz CT molecular complexity index is 913. The summed E-state index contributed by atoms with van der Waals surface area (Å²) in [5.41, 5.74) is 3.00. The summed E-state index contributed by atoms with van der Waals surface area (Å²) in [6.07, 6.45) is 1.82. The van der Waals surface area contributed by atoms with Crippen LogP contribution in [0.1, 0.15) is 29.5 Å². The molecule has 150 valence electrons. The van der Waals surface area contributed by atoms with E-state index in [1.165, 1.54) is 4.31 Å². The van der Waals surface area contributed by atoms with Crippen LogP contribution in [0, 0.1) is 13.8 Å². The largest absolute Gasteiger partial charge is 0.484 e. The lowest BCUT2D eigenvalue weighted by Crippen LogP contribution is -2.29. The number of benzene rings is 2. The number of hydrogen-bond donors (Lipinski definition) is 1. The number of ether oxygens (including phenoxy) is 1. The van der Waals surface area contributed by atoms with Gasteiger partial charge < -0.3 is 10.1 Å². The van der Waals surface area contributed by atoms with Crippen LogP contribution in [0.2, 0.25) is 0 Å². The Morgan fingerprint density at radius 2 is 1.64 bits per heavy atom. The molecular weight excluding hydrogens is 376 g/mol. The van der Waals surface area contributed by atoms with Crippen molar-refractivity contribution in [3.63, 3.8) is 0 Å². The first-order valence-corrected chi connectivity index (χ1v) is 10.9. The molecule has 28 heavy (non-hydrogen) atoms. The molecule has 2 aromatic rings. The van der Waals surface area contributed by atoms with Crippen LogP contribution in [0.25, 0.3) is 0 Å². The summed E-state index contributed by atoms with van der Waals surface area (Å²) >= 11 is 0. The minimum atomic E-state index is -3.41. The molecule has 0 atom stereocenters. The number of rotatable bonds is 7. The summed E-state index contributed by atoms with van der Waals surface area (Å²) in [7, 11) is -3.41. The van der Waals surface area contributed by atoms with Gasteiger partial charge in [0, 0.05) is 19.6 Å². The van der Waals surface area contributed by atoms with Crippen LogP contribution in [0.3, 0.4) is 0 Å². The number of carbonyl (C=O) groups is 1. The number of amides is 1. The normalized spacial score (nSPS) is 14.8. The van der Waals surface area contributed by atoms with E-state index in [-0.39, 0.29) is 12.5 Å². The average molecular weight is 403 g/mol. The van der Waals surface area contributed by atoms with Crippen LogP contribution >= 0.6 is 0 Å². The summed E-state index contributed by atoms with van der Waals surface area (Å²) in [6.45, 7) is 5.38. The minimum Gasteiger partial charge on any atom is -0.484 e. The molecule has 7 heteroatoms. The molecule has 0 aliphatic carbocycles. The van der Waals surface area contributed by atoms with Gasteiger partial charge in [-0.2, -0.15) is 4.31 Å². The maximum atomic E-state index is 12.5. The van der Waals surface area contributed by atoms with Crippen molar-refractivity contribution in [1.29, 1.82) is 0 Å². The van der Waals surface area contributed by atoms with Gasteiger partial charge in [-0.3, -0.25) is 4.79 Å². The van der Waals surface area contributed by atoms with Crippen molar-refractivity contribution < 1.29 is 17.9 Å². The highest BCUT2D eigenvalue weighted by Gasteiger charge is 2.26. The van der Waals surface area contributed by atoms with E-state index in [4.69, 9.17) is 4.74 Å². The summed E-state index contributed by atoms with van der Waals surface area (Å²) < 4.78 is 32.1. The first-order chi connectivity index (χ1) is 13.3. The first kappa shape index (κ1) is 20.4. The van der Waals surface area contributed by atoms with Crippen molar-refractivity contribution in [1.82, 2.24) is 9.62 Å². The zero-order chi connectivity index (χ0) is 20.1. The Morgan fingerprint density at radius 3 is 2.25 bits per heavy atom. The van der Waals surface area contributed by atoms with E-state index in [0.29, 0.717) is 30.3 Å². The zero-order valence-corrected chi connectivity index (χ0v) is 17.1. The molecular formula is C21H26N2O4S. The molecule has 1 aliphatic heterocycles. The molecule has 0 unspecified atom stereocenters. The van der Waals surface area contributed by atoms with Crippen molar-refractivity contribution in [3.05, 3.63) is 59.2 Å². The smallest absolute Gasteiger partial charge is 0.258 e. The first-order valence-electron chi connectivity index (χ1n) is 9.41. The molecule has 0 saturated carbocycles. The topological polar surface area (TPSA) is 75.7 Å². The SMILES string of the molecule is Cc1cc(C)cc(OCC(=O)NCc2ccc(S(=O)(=O)N3CCCC3)cc2)c1. The number of hydrogen-bond acceptors (Lipinski definition) is 4. The van der Waals surface area contributed by atoms with Gasteiger partial charge in [0.25, 0.3) is 5.91 Å². The van der Waals surface area contributed by atoms with Crippen LogP contribution in [0.5, 0.6) is 5.75 Å². The van der Waals surface area contributed by atoms with Crippen LogP contribution < -0.4 is 10.1 Å². The van der Waals surface area contributed by atoms with Gasteiger partial charge in [0.2, 0.25) is 10.0 Å². The van der Waals surface area contributed by atoms with Gasteiger partial charge in [-0.05, 0) is 67.6 Å². The predicted octanol–water partition coefficient (Wildman–Crippen LogP) is 2.78. The van der Waals surface area contributed by atoms with Crippen LogP contribution in [0.15, 0.2) is 47.4 Å². The molecule has 1 amide bonds. The van der Waals surface area contributed by atoms with Gasteiger partial charge in [0.1, 0.15) is 5.75 Å². The second-order valence-corrected chi connectivity index (χ2v) is 9.08. The van der Waals surface area contributed by atoms with E-state index in [9.17, 15) is 13.2 Å². The molecule has 0 bridgehead atoms. The van der Waals surface area contributed by atoms with Gasteiger partial charge in [0.05, 0.1) is 4.90 Å². The number of sulfonamides is 1. The molecule has 2 aromatic carbocycles. The minimum absolute atomic E-state index is 0.0652. The van der Waals surface area contributed by atoms with Crippen molar-refractivity contribution in [2.75, 3.05) is 19.7 Å². The highest BCUT2D eigenvalue weighted by Crippen LogP contribution is 2.21. The van der Waals surface area contributed by atoms with E-state index in [1.54, 1.807) is 24.3 Å². The van der Waals surface area contributed by atoms with Crippen molar-refractivity contribution in [3.8, 4) is 5.75 Å². The Morgan fingerprint density at radius 1 is 1.04 bits per heavy atom. The van der Waals surface area contributed by atoms with Gasteiger partial charge in [0.15, 0.2) is 6.61 Å². The Balaban J connectivity index is 1.51. The third-order valence-electron chi connectivity index (χ3n) is 4.68. The average Bonchev–Trinajstić information content (AvgIpc) is 3.20. The van der Waals surface area contributed by atoms with Gasteiger partial charge in [-0.25, -0.2) is 8.42 Å². The number of carbonyl (C=O) groups excluding carboxylic acids is 1. The molecule has 1 heterocycles. The molecule has 1 N–H and O–H groups in total. The fourth-order valence-corrected chi connectivity index (χ4v) is 4.79. The fourth-order valence-electron chi connectivity index (χ4n) is 3.27.